The van der Waals surface area contributed by atoms with Crippen LogP contribution in [0.15, 0.2) is 34.3 Å². The Morgan fingerprint density at radius 1 is 0.577 bits per heavy atom. The molecule has 0 radical (unpaired) electrons. The Balaban J connectivity index is 1.25. The van der Waals surface area contributed by atoms with Crippen molar-refractivity contribution in [3.05, 3.63) is 57.1 Å². The first kappa shape index (κ1) is 40.4. The third-order valence-electron chi connectivity index (χ3n) is 6.85. The van der Waals surface area contributed by atoms with Crippen molar-refractivity contribution in [3.8, 4) is 0 Å². The van der Waals surface area contributed by atoms with E-state index in [0.717, 1.165) is 11.1 Å². The van der Waals surface area contributed by atoms with Crippen molar-refractivity contribution in [3.63, 3.8) is 0 Å². The molecule has 0 spiro atoms. The number of nitrogens with two attached hydrogens (primary N) is 6. The summed E-state index contributed by atoms with van der Waals surface area (Å²) in [5.41, 5.74) is 34.9. The summed E-state index contributed by atoms with van der Waals surface area (Å²) in [7, 11) is 0. The lowest BCUT2D eigenvalue weighted by Crippen LogP contribution is -2.38. The number of nitrogens with zero attached hydrogens (tertiary/aromatic N) is 6. The van der Waals surface area contributed by atoms with E-state index in [1.807, 2.05) is 0 Å². The molecule has 0 saturated heterocycles. The van der Waals surface area contributed by atoms with Crippen LogP contribution in [0.5, 0.6) is 0 Å². The minimum Gasteiger partial charge on any atom is -0.382 e. The molecule has 2 heterocycles. The van der Waals surface area contributed by atoms with Gasteiger partial charge in [-0.3, -0.25) is 39.8 Å². The second kappa shape index (κ2) is 20.0. The lowest BCUT2D eigenvalue weighted by atomic mass is 10.1. The predicted molar refractivity (Wildman–Crippen MR) is 198 cm³/mol. The van der Waals surface area contributed by atoms with E-state index in [4.69, 9.17) is 57.6 Å². The Morgan fingerprint density at radius 3 is 1.31 bits per heavy atom. The van der Waals surface area contributed by atoms with Crippen LogP contribution in [0.25, 0.3) is 0 Å². The Hall–Kier alpha value is -6.02. The van der Waals surface area contributed by atoms with E-state index in [-0.39, 0.29) is 81.5 Å². The van der Waals surface area contributed by atoms with Crippen molar-refractivity contribution in [2.75, 3.05) is 49.1 Å². The van der Waals surface area contributed by atoms with Gasteiger partial charge >= 0.3 is 0 Å². The van der Waals surface area contributed by atoms with Gasteiger partial charge in [0.1, 0.15) is 0 Å². The van der Waals surface area contributed by atoms with E-state index in [1.54, 1.807) is 24.3 Å². The number of aliphatic imine (C=N–C) groups is 2. The zero-order chi connectivity index (χ0) is 38.2. The Morgan fingerprint density at radius 2 is 0.942 bits per heavy atom. The maximum absolute atomic E-state index is 12.4. The third-order valence-corrected chi connectivity index (χ3v) is 7.41. The van der Waals surface area contributed by atoms with Crippen molar-refractivity contribution in [1.82, 2.24) is 41.2 Å². The highest BCUT2D eigenvalue weighted by Gasteiger charge is 2.18. The number of carbonyl (C=O) groups excluding carboxylic acids is 4. The fourth-order valence-electron chi connectivity index (χ4n) is 4.25. The fraction of sp³-hybridized carbons (Fsp3) is 0.333. The van der Waals surface area contributed by atoms with Gasteiger partial charge in [0.15, 0.2) is 56.9 Å². The molecule has 0 bridgehead atoms. The normalized spacial score (nSPS) is 11.5. The quantitative estimate of drug-likeness (QED) is 0.0489. The molecule has 0 saturated carbocycles. The number of nitrogens with one attached hydrogen (secondary N) is 4. The maximum atomic E-state index is 12.4. The van der Waals surface area contributed by atoms with E-state index >= 15 is 0 Å². The van der Waals surface area contributed by atoms with Gasteiger partial charge in [-0.1, -0.05) is 47.5 Å². The van der Waals surface area contributed by atoms with E-state index in [0.29, 0.717) is 51.9 Å². The van der Waals surface area contributed by atoms with Gasteiger partial charge in [-0.05, 0) is 36.8 Å². The number of guanidine groups is 2. The summed E-state index contributed by atoms with van der Waals surface area (Å²) in [6.07, 6.45) is 2.81. The second-order valence-electron chi connectivity index (χ2n) is 11.0. The standard InChI is InChI=1S/C30H40Cl2N16O4/c31-21-25(35)45-23(33)19(43-21)27(51)47-29(37)41-11-3-1-9-39-17(49)13-15-5-7-16(8-6-15)14-18(50)40-10-2-4-12-42-30(38)48-28(52)20-24(34)46-26(36)22(32)44-20/h5-8H,1-4,9-14H2,(H,39,49)(H,40,50)(H4,33,35,45)(H4,34,36,46)(H3,37,41,47,51)(H3,38,42,48,52). The minimum atomic E-state index is -0.730. The van der Waals surface area contributed by atoms with Gasteiger partial charge in [0.25, 0.3) is 11.8 Å². The largest absolute Gasteiger partial charge is 0.382 e. The van der Waals surface area contributed by atoms with Crippen LogP contribution in [0.2, 0.25) is 10.3 Å². The molecule has 20 nitrogen and oxygen atoms in total. The van der Waals surface area contributed by atoms with Crippen LogP contribution in [0.1, 0.15) is 57.8 Å². The van der Waals surface area contributed by atoms with Crippen molar-refractivity contribution >= 4 is 82.0 Å². The maximum Gasteiger partial charge on any atom is 0.280 e. The zero-order valence-corrected chi connectivity index (χ0v) is 29.4. The zero-order valence-electron chi connectivity index (χ0n) is 27.9. The molecule has 1 aromatic carbocycles. The molecule has 0 aliphatic rings. The van der Waals surface area contributed by atoms with Gasteiger partial charge < -0.3 is 45.0 Å². The number of hydrogen-bond acceptors (Lipinski definition) is 14. The molecule has 16 N–H and O–H groups in total. The average molecular weight is 760 g/mol. The fourth-order valence-corrected chi connectivity index (χ4v) is 4.50. The van der Waals surface area contributed by atoms with Gasteiger partial charge in [-0.25, -0.2) is 19.9 Å². The molecular weight excluding hydrogens is 719 g/mol. The molecule has 22 heteroatoms. The lowest BCUT2D eigenvalue weighted by molar-refractivity contribution is -0.121. The van der Waals surface area contributed by atoms with Crippen LogP contribution in [0, 0.1) is 0 Å². The van der Waals surface area contributed by atoms with Crippen molar-refractivity contribution < 1.29 is 19.2 Å². The topological polar surface area (TPSA) is 349 Å². The molecule has 0 fully saturated rings. The van der Waals surface area contributed by atoms with E-state index < -0.39 is 11.8 Å². The Bertz CT molecular complexity index is 1690. The van der Waals surface area contributed by atoms with Crippen molar-refractivity contribution in [2.45, 2.75) is 38.5 Å². The third kappa shape index (κ3) is 13.4. The minimum absolute atomic E-state index is 0.101. The summed E-state index contributed by atoms with van der Waals surface area (Å²) < 4.78 is 0. The number of amides is 4. The average Bonchev–Trinajstić information content (AvgIpc) is 3.08. The summed E-state index contributed by atoms with van der Waals surface area (Å²) in [5.74, 6) is -2.63. The van der Waals surface area contributed by atoms with E-state index in [2.05, 4.69) is 51.2 Å². The molecule has 2 aromatic heterocycles. The summed E-state index contributed by atoms with van der Waals surface area (Å²) in [5, 5.41) is 10.1. The summed E-state index contributed by atoms with van der Waals surface area (Å²) in [4.78, 5) is 72.5. The highest BCUT2D eigenvalue weighted by Crippen LogP contribution is 2.18. The van der Waals surface area contributed by atoms with Gasteiger partial charge in [0.05, 0.1) is 12.8 Å². The number of rotatable bonds is 16. The first-order chi connectivity index (χ1) is 24.7. The number of aromatic nitrogens is 4. The Labute approximate surface area is 308 Å². The molecular formula is C30H40Cl2N16O4. The lowest BCUT2D eigenvalue weighted by Gasteiger charge is -2.08. The molecule has 3 rings (SSSR count). The molecule has 0 unspecified atom stereocenters. The molecule has 0 aliphatic heterocycles. The van der Waals surface area contributed by atoms with Crippen LogP contribution in [-0.2, 0) is 22.4 Å². The number of anilines is 4. The van der Waals surface area contributed by atoms with E-state index in [9.17, 15) is 19.2 Å². The molecule has 278 valence electrons. The molecule has 52 heavy (non-hydrogen) atoms. The predicted octanol–water partition coefficient (Wildman–Crippen LogP) is -0.731. The van der Waals surface area contributed by atoms with Crippen molar-refractivity contribution in [1.29, 1.82) is 0 Å². The highest BCUT2D eigenvalue weighted by molar-refractivity contribution is 6.32. The van der Waals surface area contributed by atoms with E-state index in [1.165, 1.54) is 0 Å². The molecule has 0 aliphatic carbocycles. The first-order valence-electron chi connectivity index (χ1n) is 15.7. The van der Waals surface area contributed by atoms with Crippen LogP contribution in [-0.4, -0.2) is 81.7 Å². The number of carbonyl (C=O) groups is 4. The monoisotopic (exact) mass is 758 g/mol. The van der Waals surface area contributed by atoms with Crippen LogP contribution >= 0.6 is 23.2 Å². The number of halogens is 2. The summed E-state index contributed by atoms with van der Waals surface area (Å²) in [6.45, 7) is 1.47. The summed E-state index contributed by atoms with van der Waals surface area (Å²) in [6, 6.07) is 7.20. The second-order valence-corrected chi connectivity index (χ2v) is 11.7. The summed E-state index contributed by atoms with van der Waals surface area (Å²) >= 11 is 11.6. The smallest absolute Gasteiger partial charge is 0.280 e. The first-order valence-corrected chi connectivity index (χ1v) is 16.5. The number of benzene rings is 1. The van der Waals surface area contributed by atoms with Gasteiger partial charge in [0, 0.05) is 26.2 Å². The van der Waals surface area contributed by atoms with Gasteiger partial charge in [0.2, 0.25) is 11.8 Å². The van der Waals surface area contributed by atoms with Crippen LogP contribution in [0.3, 0.4) is 0 Å². The SMILES string of the molecule is NC(=NCCCCNC(=O)Cc1ccc(CC(=O)NCCCCN=C(N)NC(=O)c2nc(Cl)c(N)nc2N)cc1)NC(=O)c1nc(Cl)c(N)nc1N. The van der Waals surface area contributed by atoms with Crippen LogP contribution < -0.4 is 55.7 Å². The highest BCUT2D eigenvalue weighted by atomic mass is 35.5. The van der Waals surface area contributed by atoms with Gasteiger partial charge in [-0.15, -0.1) is 0 Å². The molecule has 0 atom stereocenters. The van der Waals surface area contributed by atoms with Crippen LogP contribution in [0.4, 0.5) is 23.3 Å². The van der Waals surface area contributed by atoms with Gasteiger partial charge in [-0.2, -0.15) is 0 Å². The Kier molecular flexibility index (Phi) is 15.5. The number of unbranched alkanes of at least 4 members (excludes halogenated alkanes) is 2. The molecule has 4 amide bonds. The number of nitrogen functional groups attached to an aromatic ring is 4. The van der Waals surface area contributed by atoms with Crippen molar-refractivity contribution in [2.24, 2.45) is 21.5 Å². The molecule has 3 aromatic rings. The number of hydrogen-bond donors (Lipinski definition) is 10.